The van der Waals surface area contributed by atoms with Crippen LogP contribution in [0.1, 0.15) is 12.5 Å². The van der Waals surface area contributed by atoms with E-state index in [1.54, 1.807) is 7.11 Å². The van der Waals surface area contributed by atoms with Crippen molar-refractivity contribution in [3.63, 3.8) is 0 Å². The van der Waals surface area contributed by atoms with E-state index in [-0.39, 0.29) is 0 Å². The lowest BCUT2D eigenvalue weighted by atomic mass is 10.1. The Hall–Kier alpha value is -3.86. The summed E-state index contributed by atoms with van der Waals surface area (Å²) in [6, 6.07) is 26.6. The summed E-state index contributed by atoms with van der Waals surface area (Å²) in [5.74, 6) is 0.843. The Bertz CT molecular complexity index is 1210. The Morgan fingerprint density at radius 1 is 0.903 bits per heavy atom. The quantitative estimate of drug-likeness (QED) is 0.267. The van der Waals surface area contributed by atoms with Crippen molar-refractivity contribution in [1.82, 2.24) is 0 Å². The van der Waals surface area contributed by atoms with Crippen molar-refractivity contribution in [3.8, 4) is 5.75 Å². The van der Waals surface area contributed by atoms with Crippen molar-refractivity contribution in [2.75, 3.05) is 24.5 Å². The van der Waals surface area contributed by atoms with E-state index in [4.69, 9.17) is 9.84 Å². The molecule has 4 aromatic rings. The molecule has 0 aliphatic carbocycles. The number of hydrogen-bond acceptors (Lipinski definition) is 4. The molecule has 156 valence electrons. The average molecular weight is 412 g/mol. The predicted molar refractivity (Wildman–Crippen MR) is 128 cm³/mol. The summed E-state index contributed by atoms with van der Waals surface area (Å²) in [4.78, 5) is 0. The van der Waals surface area contributed by atoms with Gasteiger partial charge in [-0.15, -0.1) is 0 Å². The Morgan fingerprint density at radius 3 is 2.23 bits per heavy atom. The maximum Gasteiger partial charge on any atom is 0.212 e. The zero-order valence-electron chi connectivity index (χ0n) is 18.3. The van der Waals surface area contributed by atoms with E-state index in [1.807, 2.05) is 36.3 Å². The smallest absolute Gasteiger partial charge is 0.212 e. The molecule has 0 saturated heterocycles. The summed E-state index contributed by atoms with van der Waals surface area (Å²) in [6.45, 7) is 2.05. The normalized spacial score (nSPS) is 11.4. The Morgan fingerprint density at radius 2 is 1.55 bits per heavy atom. The summed E-state index contributed by atoms with van der Waals surface area (Å²) in [5, 5.41) is 11.3. The highest BCUT2D eigenvalue weighted by atomic mass is 16.5. The van der Waals surface area contributed by atoms with Gasteiger partial charge in [0, 0.05) is 36.1 Å². The molecule has 0 radical (unpaired) electrons. The van der Waals surface area contributed by atoms with Gasteiger partial charge in [-0.1, -0.05) is 12.1 Å². The summed E-state index contributed by atoms with van der Waals surface area (Å²) in [7, 11) is 5.70. The maximum absolute atomic E-state index is 5.21. The lowest BCUT2D eigenvalue weighted by molar-refractivity contribution is -0.644. The number of ether oxygens (including phenoxy) is 1. The molecule has 0 saturated carbocycles. The molecule has 0 spiro atoms. The fourth-order valence-electron chi connectivity index (χ4n) is 3.62. The molecule has 5 nitrogen and oxygen atoms in total. The summed E-state index contributed by atoms with van der Waals surface area (Å²) in [6.07, 6.45) is 2.08. The highest BCUT2D eigenvalue weighted by Gasteiger charge is 2.12. The van der Waals surface area contributed by atoms with Gasteiger partial charge in [0.25, 0.3) is 0 Å². The van der Waals surface area contributed by atoms with E-state index in [2.05, 4.69) is 84.6 Å². The van der Waals surface area contributed by atoms with E-state index in [9.17, 15) is 0 Å². The van der Waals surface area contributed by atoms with Crippen molar-refractivity contribution in [2.24, 2.45) is 12.1 Å². The van der Waals surface area contributed by atoms with Crippen LogP contribution in [0.5, 0.6) is 5.75 Å². The number of benzene rings is 3. The number of nitrogens with zero attached hydrogens (tertiary/aromatic N) is 3. The number of fused-ring (bicyclic) bond motifs is 1. The zero-order valence-corrected chi connectivity index (χ0v) is 18.3. The average Bonchev–Trinajstić information content (AvgIpc) is 2.80. The predicted octanol–water partition coefficient (Wildman–Crippen LogP) is 5.28. The number of para-hydroxylation sites is 1. The largest absolute Gasteiger partial charge is 0.497 e. The van der Waals surface area contributed by atoms with Gasteiger partial charge >= 0.3 is 0 Å². The summed E-state index contributed by atoms with van der Waals surface area (Å²) < 4.78 is 7.34. The van der Waals surface area contributed by atoms with Crippen LogP contribution in [0.15, 0.2) is 90.2 Å². The highest BCUT2D eigenvalue weighted by molar-refractivity contribution is 6.08. The molecule has 0 unspecified atom stereocenters. The van der Waals surface area contributed by atoms with Crippen molar-refractivity contribution in [1.29, 1.82) is 0 Å². The van der Waals surface area contributed by atoms with Gasteiger partial charge in [0.15, 0.2) is 6.20 Å². The SMILES string of the molecule is COc1ccc(Nc2ccc(N(C)N=C(C)c3cc[n+](C)c4ccccc34)cc2)cc1. The molecular formula is C26H27N4O+. The highest BCUT2D eigenvalue weighted by Crippen LogP contribution is 2.23. The van der Waals surface area contributed by atoms with Crippen LogP contribution >= 0.6 is 0 Å². The molecule has 1 N–H and O–H groups in total. The minimum Gasteiger partial charge on any atom is -0.497 e. The number of anilines is 3. The standard InChI is InChI=1S/C26H27N4O/c1-19(24-17-18-29(2)26-8-6-5-7-25(24)26)28-30(3)22-13-9-20(10-14-22)27-21-11-15-23(31-4)16-12-21/h5-18,27H,1-4H3/q+1. The first-order valence-corrected chi connectivity index (χ1v) is 10.2. The van der Waals surface area contributed by atoms with Gasteiger partial charge in [-0.3, -0.25) is 5.01 Å². The van der Waals surface area contributed by atoms with Gasteiger partial charge in [-0.25, -0.2) is 4.57 Å². The van der Waals surface area contributed by atoms with Gasteiger partial charge in [0.2, 0.25) is 5.52 Å². The third kappa shape index (κ3) is 4.51. The van der Waals surface area contributed by atoms with E-state index in [0.717, 1.165) is 34.1 Å². The van der Waals surface area contributed by atoms with Crippen LogP contribution in [-0.2, 0) is 7.05 Å². The second-order valence-electron chi connectivity index (χ2n) is 7.47. The molecule has 5 heteroatoms. The van der Waals surface area contributed by atoms with Crippen LogP contribution in [0, 0.1) is 0 Å². The molecule has 0 aliphatic rings. The number of hydrogen-bond donors (Lipinski definition) is 1. The van der Waals surface area contributed by atoms with Crippen LogP contribution in [0.2, 0.25) is 0 Å². The molecule has 0 atom stereocenters. The second kappa shape index (κ2) is 8.88. The molecule has 0 fully saturated rings. The fourth-order valence-corrected chi connectivity index (χ4v) is 3.62. The number of nitrogens with one attached hydrogen (secondary N) is 1. The van der Waals surface area contributed by atoms with Gasteiger partial charge in [-0.05, 0) is 61.5 Å². The minimum absolute atomic E-state index is 0.843. The first-order valence-electron chi connectivity index (χ1n) is 10.2. The first kappa shape index (κ1) is 20.4. The molecule has 0 aliphatic heterocycles. The molecule has 1 heterocycles. The minimum atomic E-state index is 0.843. The van der Waals surface area contributed by atoms with Crippen LogP contribution < -0.4 is 19.6 Å². The topological polar surface area (TPSA) is 40.7 Å². The number of hydrazone groups is 1. The summed E-state index contributed by atoms with van der Waals surface area (Å²) >= 11 is 0. The van der Waals surface area contributed by atoms with E-state index >= 15 is 0 Å². The van der Waals surface area contributed by atoms with Crippen LogP contribution in [0.25, 0.3) is 10.9 Å². The van der Waals surface area contributed by atoms with E-state index in [1.165, 1.54) is 10.9 Å². The van der Waals surface area contributed by atoms with Crippen molar-refractivity contribution >= 4 is 33.7 Å². The molecule has 1 aromatic heterocycles. The van der Waals surface area contributed by atoms with Crippen LogP contribution in [0.4, 0.5) is 17.1 Å². The van der Waals surface area contributed by atoms with E-state index in [0.29, 0.717) is 0 Å². The lowest BCUT2D eigenvalue weighted by Gasteiger charge is -2.16. The Labute approximate surface area is 183 Å². The Kier molecular flexibility index (Phi) is 5.85. The van der Waals surface area contributed by atoms with Crippen LogP contribution in [0.3, 0.4) is 0 Å². The molecular weight excluding hydrogens is 384 g/mol. The third-order valence-corrected chi connectivity index (χ3v) is 5.35. The van der Waals surface area contributed by atoms with Crippen molar-refractivity contribution < 1.29 is 9.30 Å². The van der Waals surface area contributed by atoms with Gasteiger partial charge in [0.05, 0.1) is 23.9 Å². The second-order valence-corrected chi connectivity index (χ2v) is 7.47. The number of aryl methyl sites for hydroxylation is 1. The molecule has 3 aromatic carbocycles. The number of methoxy groups -OCH3 is 1. The fraction of sp³-hybridized carbons (Fsp3) is 0.154. The monoisotopic (exact) mass is 411 g/mol. The van der Waals surface area contributed by atoms with Crippen LogP contribution in [-0.4, -0.2) is 19.9 Å². The van der Waals surface area contributed by atoms with Gasteiger partial charge in [-0.2, -0.15) is 5.10 Å². The van der Waals surface area contributed by atoms with E-state index < -0.39 is 0 Å². The maximum atomic E-state index is 5.21. The van der Waals surface area contributed by atoms with Crippen molar-refractivity contribution in [3.05, 3.63) is 90.6 Å². The lowest BCUT2D eigenvalue weighted by Crippen LogP contribution is -2.29. The molecule has 31 heavy (non-hydrogen) atoms. The van der Waals surface area contributed by atoms with Crippen molar-refractivity contribution in [2.45, 2.75) is 6.92 Å². The number of pyridine rings is 1. The zero-order chi connectivity index (χ0) is 21.8. The number of rotatable bonds is 6. The Balaban J connectivity index is 1.52. The first-order chi connectivity index (χ1) is 15.0. The molecule has 0 amide bonds. The third-order valence-electron chi connectivity index (χ3n) is 5.35. The number of aromatic nitrogens is 1. The van der Waals surface area contributed by atoms with Gasteiger partial charge in [0.1, 0.15) is 12.8 Å². The van der Waals surface area contributed by atoms with Gasteiger partial charge < -0.3 is 10.1 Å². The molecule has 4 rings (SSSR count). The molecule has 0 bridgehead atoms. The summed E-state index contributed by atoms with van der Waals surface area (Å²) in [5.41, 5.74) is 6.35.